The topological polar surface area (TPSA) is 96.5 Å². The maximum Gasteiger partial charge on any atom is 0.251 e. The monoisotopic (exact) mass is 363 g/mol. The normalized spacial score (nSPS) is 14.0. The number of carbonyl (C=O) groups is 1. The number of hydrogen-bond donors (Lipinski definition) is 3. The van der Waals surface area contributed by atoms with Crippen LogP contribution in [0.3, 0.4) is 0 Å². The van der Waals surface area contributed by atoms with Crippen LogP contribution >= 0.6 is 12.4 Å². The molecule has 7 nitrogen and oxygen atoms in total. The maximum atomic E-state index is 12.4. The zero-order valence-electron chi connectivity index (χ0n) is 13.1. The van der Waals surface area contributed by atoms with Gasteiger partial charge in [0.25, 0.3) is 5.91 Å². The van der Waals surface area contributed by atoms with Gasteiger partial charge in [-0.15, -0.1) is 12.4 Å². The van der Waals surface area contributed by atoms with Gasteiger partial charge in [-0.2, -0.15) is 0 Å². The van der Waals surface area contributed by atoms with E-state index in [0.29, 0.717) is 13.1 Å². The van der Waals surface area contributed by atoms with E-state index in [1.165, 1.54) is 19.2 Å². The van der Waals surface area contributed by atoms with Gasteiger partial charge in [-0.3, -0.25) is 4.79 Å². The smallest absolute Gasteiger partial charge is 0.251 e. The SMILES string of the molecule is CNCCNC(=O)c1ccc(OC)c(S(=O)(=O)NC2CC2)c1.Cl. The van der Waals surface area contributed by atoms with E-state index in [4.69, 9.17) is 4.74 Å². The quantitative estimate of drug-likeness (QED) is 0.585. The molecule has 1 aromatic carbocycles. The van der Waals surface area contributed by atoms with Gasteiger partial charge >= 0.3 is 0 Å². The summed E-state index contributed by atoms with van der Waals surface area (Å²) in [6.07, 6.45) is 1.68. The van der Waals surface area contributed by atoms with Crippen molar-refractivity contribution in [2.75, 3.05) is 27.2 Å². The second-order valence-electron chi connectivity index (χ2n) is 5.12. The Balaban J connectivity index is 0.00000264. The predicted molar refractivity (Wildman–Crippen MR) is 89.8 cm³/mol. The van der Waals surface area contributed by atoms with E-state index in [9.17, 15) is 13.2 Å². The molecule has 0 aliphatic heterocycles. The van der Waals surface area contributed by atoms with E-state index in [0.717, 1.165) is 12.8 Å². The third-order valence-electron chi connectivity index (χ3n) is 3.28. The van der Waals surface area contributed by atoms with E-state index in [-0.39, 0.29) is 40.6 Å². The van der Waals surface area contributed by atoms with Crippen molar-refractivity contribution in [3.05, 3.63) is 23.8 Å². The maximum absolute atomic E-state index is 12.4. The summed E-state index contributed by atoms with van der Waals surface area (Å²) in [7, 11) is -0.502. The lowest BCUT2D eigenvalue weighted by atomic mass is 10.2. The van der Waals surface area contributed by atoms with Crippen LogP contribution in [0, 0.1) is 0 Å². The van der Waals surface area contributed by atoms with Crippen molar-refractivity contribution >= 4 is 28.3 Å². The molecular weight excluding hydrogens is 342 g/mol. The Kier molecular flexibility index (Phi) is 7.27. The molecular formula is C14H22ClN3O4S. The summed E-state index contributed by atoms with van der Waals surface area (Å²) < 4.78 is 32.4. The van der Waals surface area contributed by atoms with Crippen molar-refractivity contribution in [2.45, 2.75) is 23.8 Å². The number of likely N-dealkylation sites (N-methyl/N-ethyl adjacent to an activating group) is 1. The highest BCUT2D eigenvalue weighted by Gasteiger charge is 2.30. The zero-order valence-corrected chi connectivity index (χ0v) is 14.7. The van der Waals surface area contributed by atoms with Crippen LogP contribution in [0.1, 0.15) is 23.2 Å². The fourth-order valence-electron chi connectivity index (χ4n) is 1.92. The molecule has 0 unspecified atom stereocenters. The van der Waals surface area contributed by atoms with Crippen molar-refractivity contribution < 1.29 is 17.9 Å². The van der Waals surface area contributed by atoms with Crippen molar-refractivity contribution in [1.29, 1.82) is 0 Å². The summed E-state index contributed by atoms with van der Waals surface area (Å²) in [6.45, 7) is 1.10. The Labute approximate surface area is 142 Å². The number of rotatable bonds is 8. The molecule has 130 valence electrons. The average molecular weight is 364 g/mol. The number of nitrogens with one attached hydrogen (secondary N) is 3. The third-order valence-corrected chi connectivity index (χ3v) is 4.82. The van der Waals surface area contributed by atoms with Crippen LogP contribution in [0.4, 0.5) is 0 Å². The lowest BCUT2D eigenvalue weighted by Gasteiger charge is -2.12. The van der Waals surface area contributed by atoms with Crippen molar-refractivity contribution in [3.8, 4) is 5.75 Å². The van der Waals surface area contributed by atoms with Crippen LogP contribution in [-0.2, 0) is 10.0 Å². The molecule has 3 N–H and O–H groups in total. The van der Waals surface area contributed by atoms with Crippen LogP contribution in [-0.4, -0.2) is 47.6 Å². The number of benzene rings is 1. The predicted octanol–water partition coefficient (Wildman–Crippen LogP) is 0.507. The lowest BCUT2D eigenvalue weighted by Crippen LogP contribution is -2.31. The van der Waals surface area contributed by atoms with Gasteiger partial charge in [0, 0.05) is 24.7 Å². The Morgan fingerprint density at radius 1 is 1.30 bits per heavy atom. The summed E-state index contributed by atoms with van der Waals surface area (Å²) in [5, 5.41) is 5.63. The molecule has 23 heavy (non-hydrogen) atoms. The average Bonchev–Trinajstić information content (AvgIpc) is 3.30. The molecule has 0 radical (unpaired) electrons. The number of sulfonamides is 1. The number of hydrogen-bond acceptors (Lipinski definition) is 5. The van der Waals surface area contributed by atoms with Gasteiger partial charge in [-0.25, -0.2) is 13.1 Å². The molecule has 1 aromatic rings. The molecule has 1 amide bonds. The largest absolute Gasteiger partial charge is 0.495 e. The van der Waals surface area contributed by atoms with Gasteiger partial charge in [0.05, 0.1) is 7.11 Å². The first-order chi connectivity index (χ1) is 10.5. The summed E-state index contributed by atoms with van der Waals surface area (Å²) in [4.78, 5) is 12.0. The van der Waals surface area contributed by atoms with E-state index < -0.39 is 10.0 Å². The minimum atomic E-state index is -3.69. The highest BCUT2D eigenvalue weighted by Crippen LogP contribution is 2.28. The molecule has 0 aromatic heterocycles. The number of amides is 1. The first-order valence-electron chi connectivity index (χ1n) is 7.11. The molecule has 0 bridgehead atoms. The number of halogens is 1. The number of ether oxygens (including phenoxy) is 1. The summed E-state index contributed by atoms with van der Waals surface area (Å²) in [5.41, 5.74) is 0.285. The molecule has 2 rings (SSSR count). The number of carbonyl (C=O) groups excluding carboxylic acids is 1. The third kappa shape index (κ3) is 5.35. The molecule has 0 spiro atoms. The molecule has 1 aliphatic rings. The van der Waals surface area contributed by atoms with Gasteiger partial charge in [-0.1, -0.05) is 0 Å². The second kappa shape index (κ2) is 8.49. The Hall–Kier alpha value is -1.35. The minimum absolute atomic E-state index is 0. The van der Waals surface area contributed by atoms with Crippen LogP contribution in [0.25, 0.3) is 0 Å². The van der Waals surface area contributed by atoms with Crippen molar-refractivity contribution in [2.24, 2.45) is 0 Å². The fourth-order valence-corrected chi connectivity index (χ4v) is 3.41. The first-order valence-corrected chi connectivity index (χ1v) is 8.59. The molecule has 0 heterocycles. The van der Waals surface area contributed by atoms with E-state index in [1.54, 1.807) is 13.1 Å². The van der Waals surface area contributed by atoms with E-state index >= 15 is 0 Å². The van der Waals surface area contributed by atoms with Gasteiger partial charge in [0.15, 0.2) is 0 Å². The Bertz CT molecular complexity index is 647. The second-order valence-corrected chi connectivity index (χ2v) is 6.80. The van der Waals surface area contributed by atoms with Crippen molar-refractivity contribution in [3.63, 3.8) is 0 Å². The summed E-state index contributed by atoms with van der Waals surface area (Å²) in [6, 6.07) is 4.37. The summed E-state index contributed by atoms with van der Waals surface area (Å²) in [5.74, 6) is -0.0966. The molecule has 1 fully saturated rings. The Morgan fingerprint density at radius 3 is 2.57 bits per heavy atom. The Morgan fingerprint density at radius 2 is 2.00 bits per heavy atom. The standard InChI is InChI=1S/C14H21N3O4S.ClH/c1-15-7-8-16-14(18)10-3-6-12(21-2)13(9-10)22(19,20)17-11-4-5-11;/h3,6,9,11,15,17H,4-5,7-8H2,1-2H3,(H,16,18);1H. The molecule has 1 aliphatic carbocycles. The molecule has 0 saturated heterocycles. The molecule has 9 heteroatoms. The van der Waals surface area contributed by atoms with E-state index in [2.05, 4.69) is 15.4 Å². The van der Waals surface area contributed by atoms with Gasteiger partial charge < -0.3 is 15.4 Å². The number of methoxy groups -OCH3 is 1. The highest BCUT2D eigenvalue weighted by atomic mass is 35.5. The van der Waals surface area contributed by atoms with Crippen molar-refractivity contribution in [1.82, 2.24) is 15.4 Å². The van der Waals surface area contributed by atoms with Crippen LogP contribution in [0.5, 0.6) is 5.75 Å². The van der Waals surface area contributed by atoms with E-state index in [1.807, 2.05) is 0 Å². The first kappa shape index (κ1) is 19.7. The van der Waals surface area contributed by atoms with Crippen LogP contribution < -0.4 is 20.1 Å². The summed E-state index contributed by atoms with van der Waals surface area (Å²) >= 11 is 0. The minimum Gasteiger partial charge on any atom is -0.495 e. The van der Waals surface area contributed by atoms with Crippen LogP contribution in [0.15, 0.2) is 23.1 Å². The van der Waals surface area contributed by atoms with Gasteiger partial charge in [-0.05, 0) is 38.1 Å². The van der Waals surface area contributed by atoms with Gasteiger partial charge in [0.1, 0.15) is 10.6 Å². The van der Waals surface area contributed by atoms with Crippen LogP contribution in [0.2, 0.25) is 0 Å². The molecule has 0 atom stereocenters. The zero-order chi connectivity index (χ0) is 16.2. The lowest BCUT2D eigenvalue weighted by molar-refractivity contribution is 0.0954. The highest BCUT2D eigenvalue weighted by molar-refractivity contribution is 7.89. The fraction of sp³-hybridized carbons (Fsp3) is 0.500. The van der Waals surface area contributed by atoms with Gasteiger partial charge in [0.2, 0.25) is 10.0 Å². The molecule has 1 saturated carbocycles.